The molecule has 0 radical (unpaired) electrons. The van der Waals surface area contributed by atoms with Gasteiger partial charge in [0.15, 0.2) is 0 Å². The van der Waals surface area contributed by atoms with Crippen molar-refractivity contribution in [2.24, 2.45) is 5.92 Å². The first-order valence-corrected chi connectivity index (χ1v) is 5.47. The average molecular weight is 221 g/mol. The standard InChI is InChI=1S/C12H19N3O/c1-9(2)5-7-15(3)12(16)10-8-14-6-4-11(10)13/h4,6,8-9H,5,7H2,1-3H3,(H2,13,14). The van der Waals surface area contributed by atoms with E-state index in [-0.39, 0.29) is 5.91 Å². The summed E-state index contributed by atoms with van der Waals surface area (Å²) < 4.78 is 0. The number of amides is 1. The zero-order valence-electron chi connectivity index (χ0n) is 10.1. The van der Waals surface area contributed by atoms with Crippen LogP contribution in [0, 0.1) is 5.92 Å². The lowest BCUT2D eigenvalue weighted by Gasteiger charge is -2.18. The molecule has 0 atom stereocenters. The lowest BCUT2D eigenvalue weighted by molar-refractivity contribution is 0.0790. The van der Waals surface area contributed by atoms with E-state index in [1.807, 2.05) is 0 Å². The van der Waals surface area contributed by atoms with Crippen molar-refractivity contribution >= 4 is 11.6 Å². The Bertz CT molecular complexity index is 363. The van der Waals surface area contributed by atoms with Gasteiger partial charge in [-0.2, -0.15) is 0 Å². The molecular weight excluding hydrogens is 202 g/mol. The molecule has 0 unspecified atom stereocenters. The van der Waals surface area contributed by atoms with Crippen LogP contribution in [-0.4, -0.2) is 29.4 Å². The summed E-state index contributed by atoms with van der Waals surface area (Å²) in [5.41, 5.74) is 6.69. The Morgan fingerprint density at radius 1 is 1.56 bits per heavy atom. The molecule has 16 heavy (non-hydrogen) atoms. The second-order valence-corrected chi connectivity index (χ2v) is 4.37. The van der Waals surface area contributed by atoms with Gasteiger partial charge in [0.1, 0.15) is 0 Å². The number of nitrogen functional groups attached to an aromatic ring is 1. The van der Waals surface area contributed by atoms with E-state index in [4.69, 9.17) is 5.73 Å². The predicted molar refractivity (Wildman–Crippen MR) is 65.1 cm³/mol. The van der Waals surface area contributed by atoms with Crippen LogP contribution in [0.4, 0.5) is 5.69 Å². The van der Waals surface area contributed by atoms with Gasteiger partial charge >= 0.3 is 0 Å². The molecule has 0 aliphatic heterocycles. The Morgan fingerprint density at radius 3 is 2.81 bits per heavy atom. The van der Waals surface area contributed by atoms with Gasteiger partial charge in [-0.3, -0.25) is 9.78 Å². The van der Waals surface area contributed by atoms with Crippen LogP contribution in [0.15, 0.2) is 18.5 Å². The Kier molecular flexibility index (Phi) is 4.28. The van der Waals surface area contributed by atoms with Crippen molar-refractivity contribution in [2.45, 2.75) is 20.3 Å². The van der Waals surface area contributed by atoms with E-state index in [9.17, 15) is 4.79 Å². The normalized spacial score (nSPS) is 10.5. The molecule has 0 saturated heterocycles. The van der Waals surface area contributed by atoms with Gasteiger partial charge in [-0.25, -0.2) is 0 Å². The van der Waals surface area contributed by atoms with Crippen LogP contribution in [0.3, 0.4) is 0 Å². The Morgan fingerprint density at radius 2 is 2.25 bits per heavy atom. The van der Waals surface area contributed by atoms with Gasteiger partial charge in [0, 0.05) is 31.7 Å². The summed E-state index contributed by atoms with van der Waals surface area (Å²) in [7, 11) is 1.79. The smallest absolute Gasteiger partial charge is 0.257 e. The zero-order valence-corrected chi connectivity index (χ0v) is 10.1. The number of nitrogens with zero attached hydrogens (tertiary/aromatic N) is 2. The van der Waals surface area contributed by atoms with Crippen LogP contribution < -0.4 is 5.73 Å². The molecule has 88 valence electrons. The number of rotatable bonds is 4. The molecule has 1 heterocycles. The quantitative estimate of drug-likeness (QED) is 0.843. The van der Waals surface area contributed by atoms with Crippen LogP contribution in [0.2, 0.25) is 0 Å². The van der Waals surface area contributed by atoms with Crippen LogP contribution >= 0.6 is 0 Å². The molecule has 0 fully saturated rings. The topological polar surface area (TPSA) is 59.2 Å². The summed E-state index contributed by atoms with van der Waals surface area (Å²) in [6.45, 7) is 5.01. The molecule has 1 rings (SSSR count). The third-order valence-corrected chi connectivity index (χ3v) is 2.47. The molecule has 0 aliphatic carbocycles. The summed E-state index contributed by atoms with van der Waals surface area (Å²) in [4.78, 5) is 17.6. The molecule has 2 N–H and O–H groups in total. The number of anilines is 1. The van der Waals surface area contributed by atoms with Crippen LogP contribution in [0.25, 0.3) is 0 Å². The third kappa shape index (κ3) is 3.22. The number of aromatic nitrogens is 1. The first-order chi connectivity index (χ1) is 7.52. The van der Waals surface area contributed by atoms with Crippen molar-refractivity contribution in [2.75, 3.05) is 19.3 Å². The van der Waals surface area contributed by atoms with Gasteiger partial charge < -0.3 is 10.6 Å². The van der Waals surface area contributed by atoms with Gasteiger partial charge in [0.2, 0.25) is 0 Å². The lowest BCUT2D eigenvalue weighted by atomic mass is 10.1. The number of carbonyl (C=O) groups excluding carboxylic acids is 1. The van der Waals surface area contributed by atoms with E-state index in [2.05, 4.69) is 18.8 Å². The Balaban J connectivity index is 2.67. The summed E-state index contributed by atoms with van der Waals surface area (Å²) in [6.07, 6.45) is 4.09. The average Bonchev–Trinajstić information content (AvgIpc) is 2.25. The molecule has 4 nitrogen and oxygen atoms in total. The summed E-state index contributed by atoms with van der Waals surface area (Å²) in [5.74, 6) is 0.521. The van der Waals surface area contributed by atoms with Gasteiger partial charge in [-0.1, -0.05) is 13.8 Å². The van der Waals surface area contributed by atoms with Crippen molar-refractivity contribution in [1.82, 2.24) is 9.88 Å². The second-order valence-electron chi connectivity index (χ2n) is 4.37. The first kappa shape index (κ1) is 12.5. The highest BCUT2D eigenvalue weighted by Gasteiger charge is 2.14. The molecule has 0 aliphatic rings. The van der Waals surface area contributed by atoms with Crippen molar-refractivity contribution in [3.05, 3.63) is 24.0 Å². The minimum atomic E-state index is -0.0637. The van der Waals surface area contributed by atoms with E-state index in [1.165, 1.54) is 6.20 Å². The summed E-state index contributed by atoms with van der Waals surface area (Å²) in [5, 5.41) is 0. The molecule has 0 bridgehead atoms. The van der Waals surface area contributed by atoms with Crippen molar-refractivity contribution in [3.8, 4) is 0 Å². The highest BCUT2D eigenvalue weighted by Crippen LogP contribution is 2.12. The Labute approximate surface area is 96.5 Å². The number of hydrogen-bond donors (Lipinski definition) is 1. The highest BCUT2D eigenvalue weighted by molar-refractivity contribution is 5.98. The van der Waals surface area contributed by atoms with Gasteiger partial charge in [0.25, 0.3) is 5.91 Å². The number of carbonyl (C=O) groups is 1. The van der Waals surface area contributed by atoms with Crippen molar-refractivity contribution in [1.29, 1.82) is 0 Å². The van der Waals surface area contributed by atoms with E-state index in [0.717, 1.165) is 13.0 Å². The van der Waals surface area contributed by atoms with Gasteiger partial charge in [0.05, 0.1) is 5.56 Å². The predicted octanol–water partition coefficient (Wildman–Crippen LogP) is 1.78. The van der Waals surface area contributed by atoms with Gasteiger partial charge in [-0.05, 0) is 18.4 Å². The highest BCUT2D eigenvalue weighted by atomic mass is 16.2. The maximum absolute atomic E-state index is 12.0. The fraction of sp³-hybridized carbons (Fsp3) is 0.500. The SMILES string of the molecule is CC(C)CCN(C)C(=O)c1cnccc1N. The molecule has 0 spiro atoms. The maximum Gasteiger partial charge on any atom is 0.257 e. The fourth-order valence-corrected chi connectivity index (χ4v) is 1.34. The number of hydrogen-bond acceptors (Lipinski definition) is 3. The molecule has 1 amide bonds. The second kappa shape index (κ2) is 5.49. The molecule has 1 aromatic heterocycles. The first-order valence-electron chi connectivity index (χ1n) is 5.47. The Hall–Kier alpha value is -1.58. The largest absolute Gasteiger partial charge is 0.398 e. The number of nitrogens with two attached hydrogens (primary N) is 1. The van der Waals surface area contributed by atoms with E-state index < -0.39 is 0 Å². The minimum Gasteiger partial charge on any atom is -0.398 e. The molecule has 1 aromatic rings. The van der Waals surface area contributed by atoms with E-state index in [1.54, 1.807) is 24.2 Å². The molecular formula is C12H19N3O. The fourth-order valence-electron chi connectivity index (χ4n) is 1.34. The number of pyridine rings is 1. The third-order valence-electron chi connectivity index (χ3n) is 2.47. The van der Waals surface area contributed by atoms with Crippen molar-refractivity contribution in [3.63, 3.8) is 0 Å². The monoisotopic (exact) mass is 221 g/mol. The minimum absolute atomic E-state index is 0.0637. The molecule has 0 aromatic carbocycles. The molecule has 4 heteroatoms. The lowest BCUT2D eigenvalue weighted by Crippen LogP contribution is -2.29. The van der Waals surface area contributed by atoms with Crippen LogP contribution in [0.1, 0.15) is 30.6 Å². The van der Waals surface area contributed by atoms with E-state index in [0.29, 0.717) is 17.2 Å². The van der Waals surface area contributed by atoms with E-state index >= 15 is 0 Å². The summed E-state index contributed by atoms with van der Waals surface area (Å²) >= 11 is 0. The maximum atomic E-state index is 12.0. The zero-order chi connectivity index (χ0) is 12.1. The molecule has 0 saturated carbocycles. The van der Waals surface area contributed by atoms with Gasteiger partial charge in [-0.15, -0.1) is 0 Å². The van der Waals surface area contributed by atoms with Crippen molar-refractivity contribution < 1.29 is 4.79 Å². The van der Waals surface area contributed by atoms with Crippen LogP contribution in [-0.2, 0) is 0 Å². The summed E-state index contributed by atoms with van der Waals surface area (Å²) in [6, 6.07) is 1.64. The van der Waals surface area contributed by atoms with Crippen LogP contribution in [0.5, 0.6) is 0 Å².